The second-order valence-electron chi connectivity index (χ2n) is 5.25. The molecule has 0 bridgehead atoms. The Morgan fingerprint density at radius 1 is 1.36 bits per heavy atom. The van der Waals surface area contributed by atoms with E-state index in [1.54, 1.807) is 11.0 Å². The molecule has 1 aliphatic heterocycles. The summed E-state index contributed by atoms with van der Waals surface area (Å²) < 4.78 is 25.8. The van der Waals surface area contributed by atoms with Crippen molar-refractivity contribution < 1.29 is 23.1 Å². The molecule has 0 aromatic heterocycles. The van der Waals surface area contributed by atoms with Crippen molar-refractivity contribution in [2.45, 2.75) is 31.2 Å². The first-order valence-corrected chi connectivity index (χ1v) is 8.22. The van der Waals surface area contributed by atoms with Crippen LogP contribution in [0.2, 0.25) is 0 Å². The molecule has 1 N–H and O–H groups in total. The first-order chi connectivity index (χ1) is 10.2. The van der Waals surface area contributed by atoms with Gasteiger partial charge in [0.25, 0.3) is 0 Å². The molecule has 2 rings (SSSR count). The molecule has 8 heteroatoms. The van der Waals surface area contributed by atoms with Crippen molar-refractivity contribution in [1.82, 2.24) is 4.31 Å². The van der Waals surface area contributed by atoms with Crippen molar-refractivity contribution in [2.24, 2.45) is 0 Å². The highest BCUT2D eigenvalue weighted by Gasteiger charge is 2.31. The minimum atomic E-state index is -3.89. The average molecular weight is 326 g/mol. The van der Waals surface area contributed by atoms with Gasteiger partial charge in [-0.05, 0) is 37.1 Å². The number of carboxylic acids is 1. The first-order valence-electron chi connectivity index (χ1n) is 6.78. The molecule has 0 saturated carbocycles. The van der Waals surface area contributed by atoms with Gasteiger partial charge in [0.05, 0.1) is 4.90 Å². The van der Waals surface area contributed by atoms with E-state index in [9.17, 15) is 18.0 Å². The molecule has 7 nitrogen and oxygen atoms in total. The van der Waals surface area contributed by atoms with Crippen LogP contribution in [0.25, 0.3) is 0 Å². The fourth-order valence-electron chi connectivity index (χ4n) is 2.40. The molecule has 22 heavy (non-hydrogen) atoms. The number of likely N-dealkylation sites (N-methyl/N-ethyl adjacent to an activating group) is 1. The van der Waals surface area contributed by atoms with Crippen LogP contribution in [0.3, 0.4) is 0 Å². The molecule has 0 radical (unpaired) electrons. The number of aliphatic carboxylic acids is 1. The average Bonchev–Trinajstić information content (AvgIpc) is 2.88. The molecule has 1 aromatic rings. The van der Waals surface area contributed by atoms with Gasteiger partial charge in [-0.15, -0.1) is 0 Å². The highest BCUT2D eigenvalue weighted by atomic mass is 32.2. The fraction of sp³-hybridized carbons (Fsp3) is 0.429. The van der Waals surface area contributed by atoms with Gasteiger partial charge in [-0.2, -0.15) is 4.31 Å². The summed E-state index contributed by atoms with van der Waals surface area (Å²) in [6.07, 6.45) is 0.580. The first kappa shape index (κ1) is 16.4. The van der Waals surface area contributed by atoms with Crippen molar-refractivity contribution in [3.8, 4) is 0 Å². The van der Waals surface area contributed by atoms with E-state index in [-0.39, 0.29) is 10.8 Å². The molecule has 1 aliphatic rings. The standard InChI is InChI=1S/C14H18N2O5S/c1-9(14(18)19)15(3)22(20,21)12-4-5-13-11(8-12)6-7-16(13)10(2)17/h4-5,8-9H,6-7H2,1-3H3,(H,18,19). The van der Waals surface area contributed by atoms with Gasteiger partial charge in [-0.3, -0.25) is 9.59 Å². The Morgan fingerprint density at radius 2 is 2.00 bits per heavy atom. The van der Waals surface area contributed by atoms with Gasteiger partial charge in [0, 0.05) is 26.2 Å². The Bertz CT molecular complexity index is 729. The maximum absolute atomic E-state index is 12.5. The molecule has 1 aromatic carbocycles. The van der Waals surface area contributed by atoms with E-state index in [2.05, 4.69) is 0 Å². The van der Waals surface area contributed by atoms with Gasteiger partial charge in [0.15, 0.2) is 0 Å². The van der Waals surface area contributed by atoms with Crippen LogP contribution in [-0.4, -0.2) is 49.3 Å². The van der Waals surface area contributed by atoms with E-state index in [0.717, 1.165) is 9.87 Å². The van der Waals surface area contributed by atoms with E-state index >= 15 is 0 Å². The molecule has 0 aliphatic carbocycles. The number of anilines is 1. The predicted octanol–water partition coefficient (Wildman–Crippen LogP) is 0.689. The maximum atomic E-state index is 12.5. The number of carbonyl (C=O) groups is 2. The van der Waals surface area contributed by atoms with E-state index < -0.39 is 22.0 Å². The van der Waals surface area contributed by atoms with Crippen molar-refractivity contribution >= 4 is 27.6 Å². The van der Waals surface area contributed by atoms with Crippen LogP contribution >= 0.6 is 0 Å². The number of carbonyl (C=O) groups excluding carboxylic acids is 1. The van der Waals surface area contributed by atoms with Crippen LogP contribution in [0.15, 0.2) is 23.1 Å². The van der Waals surface area contributed by atoms with Crippen LogP contribution in [-0.2, 0) is 26.0 Å². The Kier molecular flexibility index (Phi) is 4.25. The lowest BCUT2D eigenvalue weighted by Crippen LogP contribution is -2.40. The zero-order chi connectivity index (χ0) is 16.7. The zero-order valence-electron chi connectivity index (χ0n) is 12.6. The molecule has 120 valence electrons. The van der Waals surface area contributed by atoms with Crippen molar-refractivity contribution in [1.29, 1.82) is 0 Å². The summed E-state index contributed by atoms with van der Waals surface area (Å²) in [5.74, 6) is -1.30. The summed E-state index contributed by atoms with van der Waals surface area (Å²) >= 11 is 0. The van der Waals surface area contributed by atoms with Gasteiger partial charge in [0.1, 0.15) is 6.04 Å². The number of fused-ring (bicyclic) bond motifs is 1. The molecule has 0 saturated heterocycles. The number of sulfonamides is 1. The van der Waals surface area contributed by atoms with Gasteiger partial charge in [-0.1, -0.05) is 0 Å². The van der Waals surface area contributed by atoms with Crippen molar-refractivity contribution in [3.63, 3.8) is 0 Å². The monoisotopic (exact) mass is 326 g/mol. The molecule has 0 fully saturated rings. The molecule has 1 amide bonds. The third kappa shape index (κ3) is 2.71. The van der Waals surface area contributed by atoms with E-state index in [0.29, 0.717) is 18.7 Å². The minimum absolute atomic E-state index is 0.0345. The molecular weight excluding hydrogens is 308 g/mol. The molecule has 1 atom stereocenters. The van der Waals surface area contributed by atoms with E-state index in [1.165, 1.54) is 33.0 Å². The van der Waals surface area contributed by atoms with Gasteiger partial charge < -0.3 is 10.0 Å². The smallest absolute Gasteiger partial charge is 0.321 e. The van der Waals surface area contributed by atoms with Crippen LogP contribution in [0.1, 0.15) is 19.4 Å². The van der Waals surface area contributed by atoms with Crippen LogP contribution in [0.4, 0.5) is 5.69 Å². The second-order valence-corrected chi connectivity index (χ2v) is 7.24. The molecule has 0 spiro atoms. The maximum Gasteiger partial charge on any atom is 0.321 e. The summed E-state index contributed by atoms with van der Waals surface area (Å²) in [6.45, 7) is 3.29. The summed E-state index contributed by atoms with van der Waals surface area (Å²) in [6, 6.07) is 3.35. The zero-order valence-corrected chi connectivity index (χ0v) is 13.4. The topological polar surface area (TPSA) is 95.0 Å². The summed E-state index contributed by atoms with van der Waals surface area (Å²) in [5, 5.41) is 8.96. The number of amides is 1. The van der Waals surface area contributed by atoms with E-state index in [4.69, 9.17) is 5.11 Å². The van der Waals surface area contributed by atoms with Crippen LogP contribution in [0, 0.1) is 0 Å². The quantitative estimate of drug-likeness (QED) is 0.878. The minimum Gasteiger partial charge on any atom is -0.480 e. The number of carboxylic acid groups (broad SMARTS) is 1. The van der Waals surface area contributed by atoms with Gasteiger partial charge in [0.2, 0.25) is 15.9 Å². The van der Waals surface area contributed by atoms with Crippen LogP contribution < -0.4 is 4.90 Å². The van der Waals surface area contributed by atoms with Gasteiger partial charge in [-0.25, -0.2) is 8.42 Å². The predicted molar refractivity (Wildman–Crippen MR) is 80.2 cm³/mol. The van der Waals surface area contributed by atoms with Crippen molar-refractivity contribution in [2.75, 3.05) is 18.5 Å². The highest BCUT2D eigenvalue weighted by Crippen LogP contribution is 2.31. The molecule has 1 heterocycles. The summed E-state index contributed by atoms with van der Waals surface area (Å²) in [7, 11) is -2.65. The third-order valence-corrected chi connectivity index (χ3v) is 5.83. The number of hydrogen-bond donors (Lipinski definition) is 1. The number of benzene rings is 1. The lowest BCUT2D eigenvalue weighted by atomic mass is 10.2. The lowest BCUT2D eigenvalue weighted by Gasteiger charge is -2.21. The SMILES string of the molecule is CC(=O)N1CCc2cc(S(=O)(=O)N(C)C(C)C(=O)O)ccc21. The summed E-state index contributed by atoms with van der Waals surface area (Å²) in [4.78, 5) is 24.1. The highest BCUT2D eigenvalue weighted by molar-refractivity contribution is 7.89. The van der Waals surface area contributed by atoms with Crippen LogP contribution in [0.5, 0.6) is 0 Å². The second kappa shape index (κ2) is 5.69. The Morgan fingerprint density at radius 3 is 2.55 bits per heavy atom. The molecular formula is C14H18N2O5S. The Hall–Kier alpha value is -1.93. The number of rotatable bonds is 4. The Balaban J connectivity index is 2.39. The summed E-state index contributed by atoms with van der Waals surface area (Å²) in [5.41, 5.74) is 1.48. The molecule has 1 unspecified atom stereocenters. The van der Waals surface area contributed by atoms with Crippen molar-refractivity contribution in [3.05, 3.63) is 23.8 Å². The largest absolute Gasteiger partial charge is 0.480 e. The van der Waals surface area contributed by atoms with E-state index in [1.807, 2.05) is 0 Å². The number of nitrogens with zero attached hydrogens (tertiary/aromatic N) is 2. The Labute approximate surface area is 129 Å². The normalized spacial score (nSPS) is 15.7. The third-order valence-electron chi connectivity index (χ3n) is 3.91. The fourth-order valence-corrected chi connectivity index (χ4v) is 3.77. The lowest BCUT2D eigenvalue weighted by molar-refractivity contribution is -0.140. The van der Waals surface area contributed by atoms with Gasteiger partial charge >= 0.3 is 5.97 Å². The number of hydrogen-bond acceptors (Lipinski definition) is 4.